The predicted octanol–water partition coefficient (Wildman–Crippen LogP) is 1.97. The Balaban J connectivity index is 1.89. The minimum atomic E-state index is -1.05. The van der Waals surface area contributed by atoms with E-state index in [1.165, 1.54) is 0 Å². The van der Waals surface area contributed by atoms with E-state index in [2.05, 4.69) is 10.6 Å². The molecule has 0 unspecified atom stereocenters. The summed E-state index contributed by atoms with van der Waals surface area (Å²) in [6, 6.07) is -0.128. The van der Waals surface area contributed by atoms with Gasteiger partial charge in [0.1, 0.15) is 5.54 Å². The van der Waals surface area contributed by atoms with Crippen molar-refractivity contribution in [3.63, 3.8) is 0 Å². The molecule has 1 aliphatic heterocycles. The zero-order chi connectivity index (χ0) is 13.7. The molecule has 0 aromatic rings. The summed E-state index contributed by atoms with van der Waals surface area (Å²) in [6.45, 7) is 0. The summed E-state index contributed by atoms with van der Waals surface area (Å²) in [5.41, 5.74) is -1.05. The van der Waals surface area contributed by atoms with E-state index in [9.17, 15) is 14.7 Å². The fourth-order valence-corrected chi connectivity index (χ4v) is 3.93. The third-order valence-electron chi connectivity index (χ3n) is 4.03. The first-order valence-electron chi connectivity index (χ1n) is 7.02. The van der Waals surface area contributed by atoms with E-state index < -0.39 is 11.5 Å². The van der Waals surface area contributed by atoms with E-state index in [4.69, 9.17) is 0 Å². The van der Waals surface area contributed by atoms with E-state index in [0.29, 0.717) is 12.8 Å². The second kappa shape index (κ2) is 6.50. The fraction of sp³-hybridized carbons (Fsp3) is 0.846. The molecule has 0 aromatic carbocycles. The quantitative estimate of drug-likeness (QED) is 0.741. The van der Waals surface area contributed by atoms with Crippen molar-refractivity contribution in [2.75, 3.05) is 11.5 Å². The Bertz CT molecular complexity index is 337. The minimum Gasteiger partial charge on any atom is -0.480 e. The lowest BCUT2D eigenvalue weighted by Crippen LogP contribution is -2.59. The molecule has 108 valence electrons. The van der Waals surface area contributed by atoms with Gasteiger partial charge in [-0.05, 0) is 37.2 Å². The lowest BCUT2D eigenvalue weighted by atomic mass is 9.82. The highest BCUT2D eigenvalue weighted by Crippen LogP contribution is 2.28. The van der Waals surface area contributed by atoms with Crippen LogP contribution in [0.2, 0.25) is 0 Å². The van der Waals surface area contributed by atoms with Gasteiger partial charge in [-0.15, -0.1) is 0 Å². The average molecular weight is 286 g/mol. The normalized spacial score (nSPS) is 23.6. The summed E-state index contributed by atoms with van der Waals surface area (Å²) in [6.07, 6.45) is 5.81. The van der Waals surface area contributed by atoms with Crippen LogP contribution in [0.3, 0.4) is 0 Å². The molecule has 1 heterocycles. The second-order valence-electron chi connectivity index (χ2n) is 5.43. The van der Waals surface area contributed by atoms with E-state index in [1.807, 2.05) is 11.8 Å². The van der Waals surface area contributed by atoms with Gasteiger partial charge in [-0.1, -0.05) is 19.3 Å². The van der Waals surface area contributed by atoms with Crippen molar-refractivity contribution >= 4 is 23.8 Å². The highest BCUT2D eigenvalue weighted by molar-refractivity contribution is 7.99. The number of carboxylic acids is 1. The molecule has 0 spiro atoms. The first-order valence-corrected chi connectivity index (χ1v) is 8.18. The van der Waals surface area contributed by atoms with Crippen LogP contribution in [0, 0.1) is 0 Å². The van der Waals surface area contributed by atoms with E-state index in [-0.39, 0.29) is 12.1 Å². The van der Waals surface area contributed by atoms with Gasteiger partial charge in [0, 0.05) is 6.04 Å². The molecule has 2 fully saturated rings. The Morgan fingerprint density at radius 2 is 1.74 bits per heavy atom. The van der Waals surface area contributed by atoms with Gasteiger partial charge in [-0.2, -0.15) is 11.8 Å². The van der Waals surface area contributed by atoms with Gasteiger partial charge in [0.2, 0.25) is 0 Å². The number of hydrogen-bond acceptors (Lipinski definition) is 3. The molecule has 0 atom stereocenters. The first kappa shape index (κ1) is 14.5. The number of carbonyl (C=O) groups is 2. The number of carbonyl (C=O) groups excluding carboxylic acids is 1. The largest absolute Gasteiger partial charge is 0.480 e. The van der Waals surface area contributed by atoms with Gasteiger partial charge in [-0.25, -0.2) is 9.59 Å². The minimum absolute atomic E-state index is 0.190. The molecular formula is C13H22N2O3S. The number of carboxylic acid groups (broad SMARTS) is 1. The second-order valence-corrected chi connectivity index (χ2v) is 6.66. The Kier molecular flexibility index (Phi) is 4.96. The van der Waals surface area contributed by atoms with Gasteiger partial charge in [0.15, 0.2) is 0 Å². The van der Waals surface area contributed by atoms with Crippen LogP contribution in [0.25, 0.3) is 0 Å². The van der Waals surface area contributed by atoms with Crippen molar-refractivity contribution in [3.05, 3.63) is 0 Å². The van der Waals surface area contributed by atoms with Gasteiger partial charge in [0.05, 0.1) is 0 Å². The molecule has 2 amide bonds. The monoisotopic (exact) mass is 286 g/mol. The number of rotatable bonds is 3. The Morgan fingerprint density at radius 3 is 2.32 bits per heavy atom. The van der Waals surface area contributed by atoms with Crippen LogP contribution < -0.4 is 10.6 Å². The van der Waals surface area contributed by atoms with Crippen molar-refractivity contribution in [2.45, 2.75) is 56.5 Å². The zero-order valence-electron chi connectivity index (χ0n) is 11.1. The number of aliphatic carboxylic acids is 1. The van der Waals surface area contributed by atoms with Gasteiger partial charge < -0.3 is 15.7 Å². The van der Waals surface area contributed by atoms with E-state index in [0.717, 1.165) is 43.6 Å². The van der Waals surface area contributed by atoms with Crippen LogP contribution >= 0.6 is 11.8 Å². The topological polar surface area (TPSA) is 78.4 Å². The highest BCUT2D eigenvalue weighted by atomic mass is 32.2. The lowest BCUT2D eigenvalue weighted by molar-refractivity contribution is -0.145. The predicted molar refractivity (Wildman–Crippen MR) is 75.5 cm³/mol. The summed E-state index contributed by atoms with van der Waals surface area (Å²) in [5.74, 6) is 1.23. The average Bonchev–Trinajstić information content (AvgIpc) is 2.40. The van der Waals surface area contributed by atoms with Crippen molar-refractivity contribution in [1.82, 2.24) is 10.6 Å². The first-order chi connectivity index (χ1) is 9.12. The van der Waals surface area contributed by atoms with Gasteiger partial charge in [-0.3, -0.25) is 0 Å². The smallest absolute Gasteiger partial charge is 0.329 e. The number of amides is 2. The summed E-state index contributed by atoms with van der Waals surface area (Å²) in [4.78, 5) is 23.5. The molecule has 2 rings (SSSR count). The molecule has 3 N–H and O–H groups in total. The van der Waals surface area contributed by atoms with Crippen LogP contribution in [0.15, 0.2) is 0 Å². The maximum atomic E-state index is 12.0. The van der Waals surface area contributed by atoms with Crippen LogP contribution in [0.4, 0.5) is 4.79 Å². The molecule has 19 heavy (non-hydrogen) atoms. The molecule has 6 heteroatoms. The van der Waals surface area contributed by atoms with Crippen molar-refractivity contribution in [3.8, 4) is 0 Å². The summed E-state index contributed by atoms with van der Waals surface area (Å²) < 4.78 is 0. The number of nitrogens with one attached hydrogen (secondary N) is 2. The molecule has 0 aromatic heterocycles. The molecule has 1 saturated heterocycles. The van der Waals surface area contributed by atoms with Crippen molar-refractivity contribution in [1.29, 1.82) is 0 Å². The summed E-state index contributed by atoms with van der Waals surface area (Å²) >= 11 is 1.90. The molecule has 1 aliphatic carbocycles. The fourth-order valence-electron chi connectivity index (χ4n) is 2.83. The molecule has 0 radical (unpaired) electrons. The number of thioether (sulfide) groups is 1. The lowest BCUT2D eigenvalue weighted by Gasteiger charge is -2.34. The van der Waals surface area contributed by atoms with Gasteiger partial charge in [0.25, 0.3) is 0 Å². The third-order valence-corrected chi connectivity index (χ3v) is 5.07. The maximum absolute atomic E-state index is 12.0. The van der Waals surface area contributed by atoms with Crippen molar-refractivity contribution < 1.29 is 14.7 Å². The van der Waals surface area contributed by atoms with Crippen LogP contribution in [-0.4, -0.2) is 40.2 Å². The SMILES string of the molecule is O=C(NC1CCSCC1)NC1(C(=O)O)CCCCC1. The standard InChI is InChI=1S/C13H22N2O3S/c16-11(17)13(6-2-1-3-7-13)15-12(18)14-10-4-8-19-9-5-10/h10H,1-9H2,(H,16,17)(H2,14,15,18). The van der Waals surface area contributed by atoms with Crippen LogP contribution in [0.1, 0.15) is 44.9 Å². The number of urea groups is 1. The van der Waals surface area contributed by atoms with E-state index in [1.54, 1.807) is 0 Å². The van der Waals surface area contributed by atoms with Crippen molar-refractivity contribution in [2.24, 2.45) is 0 Å². The zero-order valence-corrected chi connectivity index (χ0v) is 11.9. The van der Waals surface area contributed by atoms with Gasteiger partial charge >= 0.3 is 12.0 Å². The van der Waals surface area contributed by atoms with Crippen LogP contribution in [0.5, 0.6) is 0 Å². The summed E-state index contributed by atoms with van der Waals surface area (Å²) in [7, 11) is 0. The molecular weight excluding hydrogens is 264 g/mol. The maximum Gasteiger partial charge on any atom is 0.329 e. The van der Waals surface area contributed by atoms with E-state index >= 15 is 0 Å². The Hall–Kier alpha value is -0.910. The Labute approximate surface area is 117 Å². The Morgan fingerprint density at radius 1 is 1.11 bits per heavy atom. The third kappa shape index (κ3) is 3.78. The molecule has 1 saturated carbocycles. The highest BCUT2D eigenvalue weighted by Gasteiger charge is 2.41. The number of hydrogen-bond donors (Lipinski definition) is 3. The molecule has 5 nitrogen and oxygen atoms in total. The van der Waals surface area contributed by atoms with Crippen LogP contribution in [-0.2, 0) is 4.79 Å². The molecule has 0 bridgehead atoms. The summed E-state index contributed by atoms with van der Waals surface area (Å²) in [5, 5.41) is 15.0. The molecule has 2 aliphatic rings.